The van der Waals surface area contributed by atoms with Crippen LogP contribution in [-0.4, -0.2) is 82.9 Å². The van der Waals surface area contributed by atoms with Gasteiger partial charge >= 0.3 is 6.03 Å². The highest BCUT2D eigenvalue weighted by Crippen LogP contribution is 2.31. The van der Waals surface area contributed by atoms with Gasteiger partial charge in [0, 0.05) is 38.4 Å². The summed E-state index contributed by atoms with van der Waals surface area (Å²) in [5.74, 6) is 0. The molecule has 2 fully saturated rings. The van der Waals surface area contributed by atoms with Crippen LogP contribution in [0.15, 0.2) is 12.3 Å². The van der Waals surface area contributed by atoms with Crippen LogP contribution >= 0.6 is 0 Å². The van der Waals surface area contributed by atoms with Gasteiger partial charge in [0.1, 0.15) is 0 Å². The number of piperazine rings is 1. The van der Waals surface area contributed by atoms with Crippen molar-refractivity contribution in [3.63, 3.8) is 0 Å². The number of hydrogen-bond donors (Lipinski definition) is 1. The SMILES string of the molecule is CC[C@@H](NC(=O)N1CCN(C)C2(CCN(C)CC2)C1)c1ccnn1C. The van der Waals surface area contributed by atoms with Crippen LogP contribution in [0.4, 0.5) is 4.79 Å². The number of urea groups is 1. The third-order valence-electron chi connectivity index (χ3n) is 6.13. The number of nitrogens with zero attached hydrogens (tertiary/aromatic N) is 5. The van der Waals surface area contributed by atoms with Gasteiger partial charge in [-0.1, -0.05) is 6.92 Å². The van der Waals surface area contributed by atoms with E-state index in [-0.39, 0.29) is 17.6 Å². The second-order valence-electron chi connectivity index (χ2n) is 7.66. The van der Waals surface area contributed by atoms with E-state index >= 15 is 0 Å². The Hall–Kier alpha value is -1.60. The molecule has 25 heavy (non-hydrogen) atoms. The second-order valence-corrected chi connectivity index (χ2v) is 7.66. The number of carbonyl (C=O) groups excluding carboxylic acids is 1. The summed E-state index contributed by atoms with van der Waals surface area (Å²) >= 11 is 0. The summed E-state index contributed by atoms with van der Waals surface area (Å²) in [4.78, 5) is 19.8. The monoisotopic (exact) mass is 348 g/mol. The van der Waals surface area contributed by atoms with Crippen molar-refractivity contribution in [3.8, 4) is 0 Å². The van der Waals surface area contributed by atoms with Gasteiger partial charge in [-0.15, -0.1) is 0 Å². The van der Waals surface area contributed by atoms with E-state index in [0.717, 1.165) is 57.7 Å². The number of rotatable bonds is 3. The first kappa shape index (κ1) is 18.2. The Morgan fingerprint density at radius 1 is 1.24 bits per heavy atom. The van der Waals surface area contributed by atoms with E-state index in [4.69, 9.17) is 0 Å². The van der Waals surface area contributed by atoms with Gasteiger partial charge in [0.15, 0.2) is 0 Å². The van der Waals surface area contributed by atoms with E-state index in [1.165, 1.54) is 0 Å². The molecule has 2 amide bonds. The van der Waals surface area contributed by atoms with E-state index in [1.54, 1.807) is 6.20 Å². The Bertz CT molecular complexity index is 592. The summed E-state index contributed by atoms with van der Waals surface area (Å²) in [6.07, 6.45) is 4.90. The van der Waals surface area contributed by atoms with Crippen molar-refractivity contribution in [1.29, 1.82) is 0 Å². The van der Waals surface area contributed by atoms with Gasteiger partial charge in [-0.05, 0) is 52.5 Å². The molecule has 2 aliphatic heterocycles. The first-order chi connectivity index (χ1) is 11.9. The van der Waals surface area contributed by atoms with Crippen LogP contribution in [0.1, 0.15) is 37.9 Å². The Morgan fingerprint density at radius 2 is 1.96 bits per heavy atom. The van der Waals surface area contributed by atoms with Crippen molar-refractivity contribution < 1.29 is 4.79 Å². The number of likely N-dealkylation sites (N-methyl/N-ethyl adjacent to an activating group) is 1. The maximum Gasteiger partial charge on any atom is 0.318 e. The normalized spacial score (nSPS) is 23.0. The minimum Gasteiger partial charge on any atom is -0.330 e. The van der Waals surface area contributed by atoms with Crippen molar-refractivity contribution >= 4 is 6.03 Å². The summed E-state index contributed by atoms with van der Waals surface area (Å²) in [5.41, 5.74) is 1.19. The molecule has 0 radical (unpaired) electrons. The van der Waals surface area contributed by atoms with E-state index in [0.29, 0.717) is 0 Å². The molecular formula is C18H32N6O. The maximum absolute atomic E-state index is 12.9. The average molecular weight is 348 g/mol. The number of aryl methyl sites for hydroxylation is 1. The van der Waals surface area contributed by atoms with E-state index < -0.39 is 0 Å². The highest BCUT2D eigenvalue weighted by molar-refractivity contribution is 5.75. The summed E-state index contributed by atoms with van der Waals surface area (Å²) in [7, 11) is 6.32. The zero-order chi connectivity index (χ0) is 18.0. The molecule has 1 atom stereocenters. The first-order valence-corrected chi connectivity index (χ1v) is 9.38. The lowest BCUT2D eigenvalue weighted by Crippen LogP contribution is -2.66. The second kappa shape index (κ2) is 7.33. The molecule has 1 aromatic rings. The molecule has 140 valence electrons. The zero-order valence-corrected chi connectivity index (χ0v) is 16.0. The van der Waals surface area contributed by atoms with Gasteiger partial charge in [0.2, 0.25) is 0 Å². The lowest BCUT2D eigenvalue weighted by atomic mass is 9.84. The van der Waals surface area contributed by atoms with Crippen molar-refractivity contribution in [2.75, 3.05) is 46.8 Å². The van der Waals surface area contributed by atoms with Crippen molar-refractivity contribution in [1.82, 2.24) is 29.8 Å². The molecule has 2 aliphatic rings. The minimum atomic E-state index is 0.00750. The van der Waals surface area contributed by atoms with E-state index in [2.05, 4.69) is 41.2 Å². The van der Waals surface area contributed by atoms with Crippen LogP contribution in [0.25, 0.3) is 0 Å². The number of amides is 2. The molecule has 3 heterocycles. The molecule has 0 unspecified atom stereocenters. The van der Waals surface area contributed by atoms with Crippen molar-refractivity contribution in [2.45, 2.75) is 37.8 Å². The van der Waals surface area contributed by atoms with Crippen LogP contribution < -0.4 is 5.32 Å². The number of aromatic nitrogens is 2. The van der Waals surface area contributed by atoms with Crippen LogP contribution in [0.3, 0.4) is 0 Å². The van der Waals surface area contributed by atoms with Gasteiger partial charge in [0.25, 0.3) is 0 Å². The Labute approximate surface area is 150 Å². The lowest BCUT2D eigenvalue weighted by molar-refractivity contribution is -0.0100. The molecule has 0 aliphatic carbocycles. The van der Waals surface area contributed by atoms with Gasteiger partial charge < -0.3 is 15.1 Å². The molecule has 0 aromatic carbocycles. The number of nitrogens with one attached hydrogen (secondary N) is 1. The predicted molar refractivity (Wildman–Crippen MR) is 98.4 cm³/mol. The molecular weight excluding hydrogens is 316 g/mol. The molecule has 7 nitrogen and oxygen atoms in total. The highest BCUT2D eigenvalue weighted by Gasteiger charge is 2.42. The van der Waals surface area contributed by atoms with Gasteiger partial charge in [-0.2, -0.15) is 5.10 Å². The Kier molecular flexibility index (Phi) is 5.34. The van der Waals surface area contributed by atoms with Crippen molar-refractivity contribution in [3.05, 3.63) is 18.0 Å². The van der Waals surface area contributed by atoms with E-state index in [9.17, 15) is 4.79 Å². The molecule has 7 heteroatoms. The molecule has 3 rings (SSSR count). The average Bonchev–Trinajstić information content (AvgIpc) is 3.03. The third-order valence-corrected chi connectivity index (χ3v) is 6.13. The van der Waals surface area contributed by atoms with Gasteiger partial charge in [0.05, 0.1) is 11.7 Å². The molecule has 1 aromatic heterocycles. The lowest BCUT2D eigenvalue weighted by Gasteiger charge is -2.52. The Balaban J connectivity index is 1.67. The third kappa shape index (κ3) is 3.67. The first-order valence-electron chi connectivity index (χ1n) is 9.38. The number of hydrogen-bond acceptors (Lipinski definition) is 4. The number of carbonyl (C=O) groups is 1. The van der Waals surface area contributed by atoms with Crippen LogP contribution in [0.5, 0.6) is 0 Å². The van der Waals surface area contributed by atoms with E-state index in [1.807, 2.05) is 22.7 Å². The molecule has 0 saturated carbocycles. The summed E-state index contributed by atoms with van der Waals surface area (Å²) in [5, 5.41) is 7.45. The largest absolute Gasteiger partial charge is 0.330 e. The van der Waals surface area contributed by atoms with Gasteiger partial charge in [-0.3, -0.25) is 9.58 Å². The number of piperidine rings is 1. The minimum absolute atomic E-state index is 0.00750. The molecule has 0 bridgehead atoms. The standard InChI is InChI=1S/C18H32N6O/c1-5-15(16-6-9-19-23(16)4)20-17(25)24-13-12-22(3)18(14-24)7-10-21(2)11-8-18/h6,9,15H,5,7-8,10-14H2,1-4H3,(H,20,25)/t15-/m1/s1. The fourth-order valence-electron chi connectivity index (χ4n) is 4.16. The Morgan fingerprint density at radius 3 is 2.56 bits per heavy atom. The zero-order valence-electron chi connectivity index (χ0n) is 16.0. The smallest absolute Gasteiger partial charge is 0.318 e. The highest BCUT2D eigenvalue weighted by atomic mass is 16.2. The molecule has 1 N–H and O–H groups in total. The number of likely N-dealkylation sites (tertiary alicyclic amines) is 1. The van der Waals surface area contributed by atoms with Crippen LogP contribution in [-0.2, 0) is 7.05 Å². The predicted octanol–water partition coefficient (Wildman–Crippen LogP) is 1.29. The molecule has 1 spiro atoms. The quantitative estimate of drug-likeness (QED) is 0.894. The summed E-state index contributed by atoms with van der Waals surface area (Å²) < 4.78 is 1.84. The summed E-state index contributed by atoms with van der Waals surface area (Å²) in [6.45, 7) is 6.87. The fourth-order valence-corrected chi connectivity index (χ4v) is 4.16. The van der Waals surface area contributed by atoms with Crippen LogP contribution in [0, 0.1) is 0 Å². The fraction of sp³-hybridized carbons (Fsp3) is 0.778. The maximum atomic E-state index is 12.9. The van der Waals surface area contributed by atoms with Crippen molar-refractivity contribution in [2.24, 2.45) is 7.05 Å². The summed E-state index contributed by atoms with van der Waals surface area (Å²) in [6, 6.07) is 2.05. The molecule has 2 saturated heterocycles. The topological polar surface area (TPSA) is 56.6 Å². The van der Waals surface area contributed by atoms with Gasteiger partial charge in [-0.25, -0.2) is 4.79 Å². The van der Waals surface area contributed by atoms with Crippen LogP contribution in [0.2, 0.25) is 0 Å².